The van der Waals surface area contributed by atoms with E-state index in [-0.39, 0.29) is 12.0 Å². The van der Waals surface area contributed by atoms with Gasteiger partial charge in [-0.2, -0.15) is 11.3 Å². The molecule has 0 spiro atoms. The van der Waals surface area contributed by atoms with Crippen molar-refractivity contribution in [2.24, 2.45) is 0 Å². The molecule has 5 nitrogen and oxygen atoms in total. The average molecular weight is 395 g/mol. The van der Waals surface area contributed by atoms with Crippen LogP contribution in [0.3, 0.4) is 0 Å². The maximum atomic E-state index is 12.8. The fourth-order valence-corrected chi connectivity index (χ4v) is 4.09. The Morgan fingerprint density at radius 2 is 1.86 bits per heavy atom. The van der Waals surface area contributed by atoms with E-state index in [0.717, 1.165) is 18.4 Å². The van der Waals surface area contributed by atoms with Crippen molar-refractivity contribution in [1.29, 1.82) is 0 Å². The molecule has 1 aliphatic heterocycles. The molecule has 0 saturated carbocycles. The van der Waals surface area contributed by atoms with Crippen LogP contribution in [-0.4, -0.2) is 30.0 Å². The zero-order valence-corrected chi connectivity index (χ0v) is 16.4. The minimum atomic E-state index is -0.409. The van der Waals surface area contributed by atoms with Gasteiger partial charge >= 0.3 is 5.63 Å². The van der Waals surface area contributed by atoms with E-state index >= 15 is 0 Å². The van der Waals surface area contributed by atoms with Gasteiger partial charge in [-0.15, -0.1) is 0 Å². The SMILES string of the molecule is Cc1cc(OC2CCN(C(=O)c3ccc(-c4ccsc4)cc3)CC2)cc(=O)o1. The quantitative estimate of drug-likeness (QED) is 0.659. The molecule has 28 heavy (non-hydrogen) atoms. The molecule has 3 heterocycles. The van der Waals surface area contributed by atoms with Crippen molar-refractivity contribution in [3.05, 3.63) is 75.0 Å². The van der Waals surface area contributed by atoms with Crippen molar-refractivity contribution in [2.75, 3.05) is 13.1 Å². The fourth-order valence-electron chi connectivity index (χ4n) is 3.43. The van der Waals surface area contributed by atoms with Gasteiger partial charge in [0.15, 0.2) is 0 Å². The van der Waals surface area contributed by atoms with Crippen molar-refractivity contribution in [3.63, 3.8) is 0 Å². The number of thiophene rings is 1. The Kier molecular flexibility index (Phi) is 5.30. The zero-order chi connectivity index (χ0) is 19.5. The van der Waals surface area contributed by atoms with Gasteiger partial charge in [0.05, 0.1) is 6.07 Å². The van der Waals surface area contributed by atoms with Crippen molar-refractivity contribution in [1.82, 2.24) is 4.90 Å². The number of aryl methyl sites for hydroxylation is 1. The fraction of sp³-hybridized carbons (Fsp3) is 0.273. The van der Waals surface area contributed by atoms with Crippen LogP contribution < -0.4 is 10.4 Å². The molecular weight excluding hydrogens is 374 g/mol. The lowest BCUT2D eigenvalue weighted by Gasteiger charge is -2.32. The molecule has 1 fully saturated rings. The molecule has 2 aromatic heterocycles. The third-order valence-corrected chi connectivity index (χ3v) is 5.57. The van der Waals surface area contributed by atoms with E-state index in [1.165, 1.54) is 11.6 Å². The molecular formula is C22H21NO4S. The maximum Gasteiger partial charge on any atom is 0.339 e. The van der Waals surface area contributed by atoms with Crippen molar-refractivity contribution >= 4 is 17.2 Å². The normalized spacial score (nSPS) is 14.8. The number of ether oxygens (including phenoxy) is 1. The molecule has 0 radical (unpaired) electrons. The van der Waals surface area contributed by atoms with Gasteiger partial charge in [0.2, 0.25) is 0 Å². The third kappa shape index (κ3) is 4.17. The van der Waals surface area contributed by atoms with Crippen LogP contribution in [0.15, 0.2) is 62.4 Å². The lowest BCUT2D eigenvalue weighted by molar-refractivity contribution is 0.0594. The Bertz CT molecular complexity index is 1000. The largest absolute Gasteiger partial charge is 0.490 e. The van der Waals surface area contributed by atoms with Crippen molar-refractivity contribution < 1.29 is 13.9 Å². The van der Waals surface area contributed by atoms with Crippen LogP contribution in [0, 0.1) is 6.92 Å². The van der Waals surface area contributed by atoms with Crippen LogP contribution in [0.4, 0.5) is 0 Å². The molecule has 1 aliphatic rings. The standard InChI is InChI=1S/C22H21NO4S/c1-15-12-20(13-21(24)26-15)27-19-6-9-23(10-7-19)22(25)17-4-2-16(3-5-17)18-8-11-28-14-18/h2-5,8,11-14,19H,6-7,9-10H2,1H3. The van der Waals surface area contributed by atoms with Gasteiger partial charge in [-0.05, 0) is 47.0 Å². The number of amides is 1. The highest BCUT2D eigenvalue weighted by atomic mass is 32.1. The Morgan fingerprint density at radius 3 is 2.50 bits per heavy atom. The summed E-state index contributed by atoms with van der Waals surface area (Å²) in [6.07, 6.45) is 1.46. The van der Waals surface area contributed by atoms with Crippen LogP contribution in [0.25, 0.3) is 11.1 Å². The monoisotopic (exact) mass is 395 g/mol. The van der Waals surface area contributed by atoms with E-state index in [0.29, 0.717) is 30.2 Å². The molecule has 0 N–H and O–H groups in total. The Morgan fingerprint density at radius 1 is 1.11 bits per heavy atom. The molecule has 0 unspecified atom stereocenters. The molecule has 4 rings (SSSR count). The number of carbonyl (C=O) groups excluding carboxylic acids is 1. The highest BCUT2D eigenvalue weighted by Gasteiger charge is 2.25. The summed E-state index contributed by atoms with van der Waals surface area (Å²) in [5.74, 6) is 1.11. The van der Waals surface area contributed by atoms with Crippen molar-refractivity contribution in [2.45, 2.75) is 25.9 Å². The van der Waals surface area contributed by atoms with Gasteiger partial charge < -0.3 is 14.1 Å². The number of piperidine rings is 1. The first-order chi connectivity index (χ1) is 13.6. The van der Waals surface area contributed by atoms with E-state index in [4.69, 9.17) is 9.15 Å². The van der Waals surface area contributed by atoms with Gasteiger partial charge in [-0.25, -0.2) is 4.79 Å². The summed E-state index contributed by atoms with van der Waals surface area (Å²) >= 11 is 1.66. The smallest absolute Gasteiger partial charge is 0.339 e. The van der Waals surface area contributed by atoms with Crippen LogP contribution in [0.5, 0.6) is 5.75 Å². The first kappa shape index (κ1) is 18.5. The molecule has 0 atom stereocenters. The Hall–Kier alpha value is -2.86. The second-order valence-electron chi connectivity index (χ2n) is 6.92. The molecule has 0 bridgehead atoms. The summed E-state index contributed by atoms with van der Waals surface area (Å²) in [6, 6.07) is 12.9. The third-order valence-electron chi connectivity index (χ3n) is 4.89. The maximum absolute atomic E-state index is 12.8. The van der Waals surface area contributed by atoms with Crippen LogP contribution in [-0.2, 0) is 0 Å². The van der Waals surface area contributed by atoms with Gasteiger partial charge in [-0.3, -0.25) is 4.79 Å². The van der Waals surface area contributed by atoms with E-state index < -0.39 is 5.63 Å². The summed E-state index contributed by atoms with van der Waals surface area (Å²) in [6.45, 7) is 2.99. The summed E-state index contributed by atoms with van der Waals surface area (Å²) < 4.78 is 10.9. The summed E-state index contributed by atoms with van der Waals surface area (Å²) in [5, 5.41) is 4.14. The van der Waals surface area contributed by atoms with Gasteiger partial charge in [-0.1, -0.05) is 12.1 Å². The average Bonchev–Trinajstić information content (AvgIpc) is 3.22. The van der Waals surface area contributed by atoms with Crippen LogP contribution >= 0.6 is 11.3 Å². The number of nitrogens with zero attached hydrogens (tertiary/aromatic N) is 1. The molecule has 1 aromatic carbocycles. The number of hydrogen-bond donors (Lipinski definition) is 0. The number of likely N-dealkylation sites (tertiary alicyclic amines) is 1. The highest BCUT2D eigenvalue weighted by Crippen LogP contribution is 2.24. The van der Waals surface area contributed by atoms with E-state index in [9.17, 15) is 9.59 Å². The lowest BCUT2D eigenvalue weighted by atomic mass is 10.0. The summed E-state index contributed by atoms with van der Waals surface area (Å²) in [5.41, 5.74) is 2.59. The number of rotatable bonds is 4. The zero-order valence-electron chi connectivity index (χ0n) is 15.6. The predicted octanol–water partition coefficient (Wildman–Crippen LogP) is 4.36. The van der Waals surface area contributed by atoms with Gasteiger partial charge in [0.1, 0.15) is 17.6 Å². The van der Waals surface area contributed by atoms with Gasteiger partial charge in [0, 0.05) is 37.6 Å². The van der Waals surface area contributed by atoms with E-state index in [2.05, 4.69) is 11.4 Å². The molecule has 1 amide bonds. The first-order valence-electron chi connectivity index (χ1n) is 9.29. The second-order valence-corrected chi connectivity index (χ2v) is 7.70. The number of benzene rings is 1. The number of carbonyl (C=O) groups is 1. The van der Waals surface area contributed by atoms with Gasteiger partial charge in [0.25, 0.3) is 5.91 Å². The molecule has 0 aliphatic carbocycles. The predicted molar refractivity (Wildman–Crippen MR) is 109 cm³/mol. The summed E-state index contributed by atoms with van der Waals surface area (Å²) in [7, 11) is 0. The van der Waals surface area contributed by atoms with Crippen LogP contribution in [0.2, 0.25) is 0 Å². The van der Waals surface area contributed by atoms with Crippen LogP contribution in [0.1, 0.15) is 29.0 Å². The molecule has 144 valence electrons. The number of hydrogen-bond acceptors (Lipinski definition) is 5. The topological polar surface area (TPSA) is 59.8 Å². The van der Waals surface area contributed by atoms with Crippen molar-refractivity contribution in [3.8, 4) is 16.9 Å². The molecule has 3 aromatic rings. The highest BCUT2D eigenvalue weighted by molar-refractivity contribution is 7.08. The second kappa shape index (κ2) is 8.02. The Balaban J connectivity index is 1.35. The minimum Gasteiger partial charge on any atom is -0.490 e. The summed E-state index contributed by atoms with van der Waals surface area (Å²) in [4.78, 5) is 26.1. The van der Waals surface area contributed by atoms with E-state index in [1.54, 1.807) is 24.3 Å². The molecule has 1 saturated heterocycles. The lowest BCUT2D eigenvalue weighted by Crippen LogP contribution is -2.41. The minimum absolute atomic E-state index is 0.00813. The first-order valence-corrected chi connectivity index (χ1v) is 10.2. The Labute approximate surface area is 167 Å². The van der Waals surface area contributed by atoms with E-state index in [1.807, 2.05) is 34.5 Å². The molecule has 6 heteroatoms.